The number of nitrogens with zero attached hydrogens (tertiary/aromatic N) is 1. The number of ether oxygens (including phenoxy) is 2. The fourth-order valence-corrected chi connectivity index (χ4v) is 3.08. The second-order valence-electron chi connectivity index (χ2n) is 5.33. The number of carbonyl (C=O) groups excluding carboxylic acids is 1. The molecule has 7 heteroatoms. The summed E-state index contributed by atoms with van der Waals surface area (Å²) in [6.07, 6.45) is 3.35. The maximum absolute atomic E-state index is 14.1. The van der Waals surface area contributed by atoms with Crippen LogP contribution in [-0.2, 0) is 4.74 Å². The van der Waals surface area contributed by atoms with Crippen molar-refractivity contribution in [3.63, 3.8) is 0 Å². The summed E-state index contributed by atoms with van der Waals surface area (Å²) in [5.41, 5.74) is -0.156. The summed E-state index contributed by atoms with van der Waals surface area (Å²) in [6, 6.07) is 1.30. The molecule has 2 aromatic rings. The average Bonchev–Trinajstić information content (AvgIpc) is 3.35. The number of halogens is 2. The predicted molar refractivity (Wildman–Crippen MR) is 86.6 cm³/mol. The van der Waals surface area contributed by atoms with Crippen LogP contribution in [0.3, 0.4) is 0 Å². The highest BCUT2D eigenvalue weighted by molar-refractivity contribution is 9.10. The molecular formula is C16H15BrFNO4. The highest BCUT2D eigenvalue weighted by atomic mass is 79.9. The molecule has 1 aliphatic carbocycles. The minimum Gasteiger partial charge on any atom is -0.493 e. The van der Waals surface area contributed by atoms with E-state index in [4.69, 9.17) is 9.47 Å². The number of hydrogen-bond acceptors (Lipinski definition) is 4. The van der Waals surface area contributed by atoms with E-state index in [1.807, 2.05) is 4.57 Å². The minimum atomic E-state index is -0.698. The summed E-state index contributed by atoms with van der Waals surface area (Å²) in [5.74, 6) is -1.06. The lowest BCUT2D eigenvalue weighted by atomic mass is 10.1. The maximum Gasteiger partial charge on any atom is 0.343 e. The van der Waals surface area contributed by atoms with E-state index in [9.17, 15) is 14.0 Å². The molecule has 0 spiro atoms. The Morgan fingerprint density at radius 1 is 1.48 bits per heavy atom. The van der Waals surface area contributed by atoms with Crippen molar-refractivity contribution in [2.75, 3.05) is 13.7 Å². The third kappa shape index (κ3) is 2.63. The van der Waals surface area contributed by atoms with Gasteiger partial charge in [-0.15, -0.1) is 0 Å². The third-order valence-corrected chi connectivity index (χ3v) is 4.54. The Bertz CT molecular complexity index is 858. The second-order valence-corrected chi connectivity index (χ2v) is 6.13. The van der Waals surface area contributed by atoms with Crippen LogP contribution in [0.15, 0.2) is 21.5 Å². The molecule has 1 aromatic carbocycles. The van der Waals surface area contributed by atoms with E-state index in [1.54, 1.807) is 6.92 Å². The third-order valence-electron chi connectivity index (χ3n) is 3.81. The molecule has 0 bridgehead atoms. The van der Waals surface area contributed by atoms with Crippen LogP contribution in [0.25, 0.3) is 10.9 Å². The van der Waals surface area contributed by atoms with E-state index in [0.717, 1.165) is 18.9 Å². The normalized spacial score (nSPS) is 14.1. The van der Waals surface area contributed by atoms with Crippen LogP contribution in [0, 0.1) is 5.82 Å². The number of carbonyl (C=O) groups is 1. The molecule has 0 aliphatic heterocycles. The molecule has 1 aliphatic rings. The first-order valence-corrected chi connectivity index (χ1v) is 8.06. The number of methoxy groups -OCH3 is 1. The van der Waals surface area contributed by atoms with Crippen LogP contribution in [0.1, 0.15) is 36.2 Å². The molecule has 0 atom stereocenters. The van der Waals surface area contributed by atoms with Gasteiger partial charge in [0.2, 0.25) is 5.43 Å². The van der Waals surface area contributed by atoms with Gasteiger partial charge in [0.1, 0.15) is 11.4 Å². The van der Waals surface area contributed by atoms with Gasteiger partial charge in [-0.2, -0.15) is 0 Å². The van der Waals surface area contributed by atoms with Crippen LogP contribution in [0.5, 0.6) is 5.75 Å². The van der Waals surface area contributed by atoms with Crippen molar-refractivity contribution in [2.24, 2.45) is 0 Å². The molecule has 1 saturated carbocycles. The zero-order valence-electron chi connectivity index (χ0n) is 12.7. The molecule has 23 heavy (non-hydrogen) atoms. The van der Waals surface area contributed by atoms with E-state index >= 15 is 0 Å². The maximum atomic E-state index is 14.1. The molecule has 122 valence electrons. The van der Waals surface area contributed by atoms with Gasteiger partial charge in [0.05, 0.1) is 29.1 Å². The van der Waals surface area contributed by atoms with Gasteiger partial charge < -0.3 is 14.0 Å². The van der Waals surface area contributed by atoms with Gasteiger partial charge in [-0.05, 0) is 41.8 Å². The van der Waals surface area contributed by atoms with Crippen LogP contribution < -0.4 is 10.2 Å². The summed E-state index contributed by atoms with van der Waals surface area (Å²) in [5, 5.41) is 0.111. The minimum absolute atomic E-state index is 0.0879. The van der Waals surface area contributed by atoms with Gasteiger partial charge in [0.15, 0.2) is 5.75 Å². The van der Waals surface area contributed by atoms with Crippen molar-refractivity contribution in [3.05, 3.63) is 38.3 Å². The highest BCUT2D eigenvalue weighted by Crippen LogP contribution is 2.42. The molecule has 0 N–H and O–H groups in total. The second kappa shape index (κ2) is 5.96. The standard InChI is InChI=1S/C16H15BrFNO4/c1-3-23-16(21)10-7-19(8-4-5-8)13-9(14(10)20)6-11(18)12(17)15(13)22-2/h6-8H,3-5H2,1-2H3. The van der Waals surface area contributed by atoms with Gasteiger partial charge >= 0.3 is 5.97 Å². The van der Waals surface area contributed by atoms with Gasteiger partial charge in [-0.25, -0.2) is 9.18 Å². The fourth-order valence-electron chi connectivity index (χ4n) is 2.61. The number of pyridine rings is 1. The lowest BCUT2D eigenvalue weighted by Crippen LogP contribution is -2.21. The van der Waals surface area contributed by atoms with Crippen molar-refractivity contribution in [3.8, 4) is 5.75 Å². The average molecular weight is 384 g/mol. The quantitative estimate of drug-likeness (QED) is 0.758. The summed E-state index contributed by atoms with van der Waals surface area (Å²) in [4.78, 5) is 24.7. The van der Waals surface area contributed by atoms with E-state index in [0.29, 0.717) is 5.52 Å². The van der Waals surface area contributed by atoms with Crippen LogP contribution in [0.4, 0.5) is 4.39 Å². The number of fused-ring (bicyclic) bond motifs is 1. The Hall–Kier alpha value is -1.89. The van der Waals surface area contributed by atoms with E-state index in [1.165, 1.54) is 13.3 Å². The monoisotopic (exact) mass is 383 g/mol. The first-order chi connectivity index (χ1) is 11.0. The molecule has 1 aromatic heterocycles. The SMILES string of the molecule is CCOC(=O)c1cn(C2CC2)c2c(OC)c(Br)c(F)cc2c1=O. The Morgan fingerprint density at radius 3 is 2.74 bits per heavy atom. The zero-order chi connectivity index (χ0) is 16.7. The van der Waals surface area contributed by atoms with Crippen molar-refractivity contribution in [2.45, 2.75) is 25.8 Å². The Morgan fingerprint density at radius 2 is 2.17 bits per heavy atom. The lowest BCUT2D eigenvalue weighted by molar-refractivity contribution is 0.0524. The summed E-state index contributed by atoms with van der Waals surface area (Å²) < 4.78 is 26.3. The number of esters is 1. The fraction of sp³-hybridized carbons (Fsp3) is 0.375. The smallest absolute Gasteiger partial charge is 0.343 e. The molecule has 0 amide bonds. The first kappa shape index (κ1) is 16.0. The molecule has 0 unspecified atom stereocenters. The largest absolute Gasteiger partial charge is 0.493 e. The lowest BCUT2D eigenvalue weighted by Gasteiger charge is -2.16. The van der Waals surface area contributed by atoms with Gasteiger partial charge in [-0.1, -0.05) is 0 Å². The first-order valence-electron chi connectivity index (χ1n) is 7.27. The van der Waals surface area contributed by atoms with Gasteiger partial charge in [0.25, 0.3) is 0 Å². The number of benzene rings is 1. The number of rotatable bonds is 4. The predicted octanol–water partition coefficient (Wildman–Crippen LogP) is 3.42. The van der Waals surface area contributed by atoms with E-state index in [-0.39, 0.29) is 33.8 Å². The van der Waals surface area contributed by atoms with Crippen molar-refractivity contribution in [1.82, 2.24) is 4.57 Å². The van der Waals surface area contributed by atoms with E-state index in [2.05, 4.69) is 15.9 Å². The molecule has 0 saturated heterocycles. The Kier molecular flexibility index (Phi) is 4.14. The molecule has 5 nitrogen and oxygen atoms in total. The molecule has 1 fully saturated rings. The number of aromatic nitrogens is 1. The van der Waals surface area contributed by atoms with E-state index < -0.39 is 17.2 Å². The van der Waals surface area contributed by atoms with Crippen LogP contribution >= 0.6 is 15.9 Å². The molecular weight excluding hydrogens is 369 g/mol. The molecule has 0 radical (unpaired) electrons. The van der Waals surface area contributed by atoms with Crippen LogP contribution in [0.2, 0.25) is 0 Å². The van der Waals surface area contributed by atoms with Gasteiger partial charge in [0, 0.05) is 12.2 Å². The highest BCUT2D eigenvalue weighted by Gasteiger charge is 2.30. The van der Waals surface area contributed by atoms with Gasteiger partial charge in [-0.3, -0.25) is 4.79 Å². The topological polar surface area (TPSA) is 57.5 Å². The summed E-state index contributed by atoms with van der Waals surface area (Å²) in [7, 11) is 1.42. The Balaban J connectivity index is 2.40. The zero-order valence-corrected chi connectivity index (χ0v) is 14.3. The van der Waals surface area contributed by atoms with Crippen LogP contribution in [-0.4, -0.2) is 24.3 Å². The summed E-state index contributed by atoms with van der Waals surface area (Å²) >= 11 is 3.16. The van der Waals surface area contributed by atoms with Crippen molar-refractivity contribution in [1.29, 1.82) is 0 Å². The van der Waals surface area contributed by atoms with Crippen molar-refractivity contribution < 1.29 is 18.7 Å². The molecule has 3 rings (SSSR count). The van der Waals surface area contributed by atoms with Crippen molar-refractivity contribution >= 4 is 32.8 Å². The summed E-state index contributed by atoms with van der Waals surface area (Å²) in [6.45, 7) is 1.83. The number of hydrogen-bond donors (Lipinski definition) is 0. The molecule has 1 heterocycles. The Labute approximate surface area is 140 Å².